The zero-order chi connectivity index (χ0) is 21.8. The van der Waals surface area contributed by atoms with Gasteiger partial charge in [-0.2, -0.15) is 0 Å². The normalized spacial score (nSPS) is 15.2. The number of hydrogen-bond acceptors (Lipinski definition) is 6. The van der Waals surface area contributed by atoms with Crippen molar-refractivity contribution in [2.75, 3.05) is 19.1 Å². The van der Waals surface area contributed by atoms with Crippen molar-refractivity contribution in [1.29, 1.82) is 0 Å². The summed E-state index contributed by atoms with van der Waals surface area (Å²) >= 11 is 5.20. The Morgan fingerprint density at radius 2 is 1.87 bits per heavy atom. The molecular weight excluding hydrogens is 404 g/mol. The maximum Gasteiger partial charge on any atom is 0.270 e. The molecule has 0 saturated carbocycles. The van der Waals surface area contributed by atoms with Crippen molar-refractivity contribution >= 4 is 40.9 Å². The largest absolute Gasteiger partial charge is 0.504 e. The van der Waals surface area contributed by atoms with Gasteiger partial charge in [0.25, 0.3) is 11.8 Å². The minimum atomic E-state index is -0.605. The van der Waals surface area contributed by atoms with Crippen LogP contribution in [-0.4, -0.2) is 36.3 Å². The average Bonchev–Trinajstić information content (AvgIpc) is 2.73. The molecule has 0 aromatic heterocycles. The molecule has 0 bridgehead atoms. The monoisotopic (exact) mass is 424 g/mol. The van der Waals surface area contributed by atoms with Gasteiger partial charge in [0, 0.05) is 5.56 Å². The number of hydrogen-bond donors (Lipinski definition) is 2. The van der Waals surface area contributed by atoms with Gasteiger partial charge in [-0.1, -0.05) is 6.08 Å². The topological polar surface area (TPSA) is 88.1 Å². The number of aromatic hydroxyl groups is 1. The van der Waals surface area contributed by atoms with Crippen molar-refractivity contribution < 1.29 is 24.2 Å². The van der Waals surface area contributed by atoms with E-state index in [0.717, 1.165) is 0 Å². The number of amides is 2. The molecule has 0 radical (unpaired) electrons. The van der Waals surface area contributed by atoms with Crippen molar-refractivity contribution in [2.45, 2.75) is 6.42 Å². The van der Waals surface area contributed by atoms with E-state index in [1.165, 1.54) is 18.1 Å². The highest BCUT2D eigenvalue weighted by Crippen LogP contribution is 2.33. The van der Waals surface area contributed by atoms with Gasteiger partial charge in [0.15, 0.2) is 16.6 Å². The van der Waals surface area contributed by atoms with E-state index in [9.17, 15) is 14.7 Å². The third-order valence-corrected chi connectivity index (χ3v) is 4.79. The number of methoxy groups -OCH3 is 2. The van der Waals surface area contributed by atoms with Crippen LogP contribution in [0.3, 0.4) is 0 Å². The molecule has 2 amide bonds. The van der Waals surface area contributed by atoms with Gasteiger partial charge in [0.2, 0.25) is 0 Å². The number of ether oxygens (including phenoxy) is 2. The van der Waals surface area contributed by atoms with Gasteiger partial charge in [-0.05, 0) is 66.7 Å². The third kappa shape index (κ3) is 4.04. The molecule has 2 N–H and O–H groups in total. The molecule has 0 unspecified atom stereocenters. The lowest BCUT2D eigenvalue weighted by Crippen LogP contribution is -2.54. The van der Waals surface area contributed by atoms with E-state index in [-0.39, 0.29) is 22.2 Å². The number of allylic oxidation sites excluding steroid dienone is 1. The lowest BCUT2D eigenvalue weighted by atomic mass is 10.0. The number of anilines is 1. The predicted octanol–water partition coefficient (Wildman–Crippen LogP) is 2.97. The molecule has 7 nitrogen and oxygen atoms in total. The minimum absolute atomic E-state index is 0.0112. The summed E-state index contributed by atoms with van der Waals surface area (Å²) in [5.74, 6) is -0.328. The van der Waals surface area contributed by atoms with Crippen LogP contribution >= 0.6 is 12.2 Å². The maximum absolute atomic E-state index is 13.1. The zero-order valence-electron chi connectivity index (χ0n) is 16.5. The van der Waals surface area contributed by atoms with E-state index in [2.05, 4.69) is 11.9 Å². The predicted molar refractivity (Wildman–Crippen MR) is 118 cm³/mol. The molecule has 0 atom stereocenters. The number of benzene rings is 2. The molecule has 3 rings (SSSR count). The van der Waals surface area contributed by atoms with Crippen molar-refractivity contribution in [3.05, 3.63) is 65.8 Å². The Kier molecular flexibility index (Phi) is 6.17. The Labute approximate surface area is 179 Å². The lowest BCUT2D eigenvalue weighted by molar-refractivity contribution is -0.122. The molecule has 0 spiro atoms. The van der Waals surface area contributed by atoms with Gasteiger partial charge >= 0.3 is 0 Å². The average molecular weight is 424 g/mol. The Hall–Kier alpha value is -3.65. The summed E-state index contributed by atoms with van der Waals surface area (Å²) in [7, 11) is 2.96. The van der Waals surface area contributed by atoms with Gasteiger partial charge in [0.1, 0.15) is 11.3 Å². The number of nitrogens with one attached hydrogen (secondary N) is 1. The van der Waals surface area contributed by atoms with Gasteiger partial charge < -0.3 is 14.6 Å². The van der Waals surface area contributed by atoms with E-state index in [1.54, 1.807) is 49.6 Å². The molecule has 1 saturated heterocycles. The van der Waals surface area contributed by atoms with Crippen LogP contribution in [0, 0.1) is 0 Å². The molecule has 1 fully saturated rings. The summed E-state index contributed by atoms with van der Waals surface area (Å²) in [6.45, 7) is 3.67. The van der Waals surface area contributed by atoms with Gasteiger partial charge in [-0.15, -0.1) is 6.58 Å². The van der Waals surface area contributed by atoms with Crippen molar-refractivity contribution in [3.63, 3.8) is 0 Å². The Balaban J connectivity index is 2.04. The Bertz CT molecular complexity index is 1060. The molecule has 2 aromatic carbocycles. The summed E-state index contributed by atoms with van der Waals surface area (Å²) in [6.07, 6.45) is 3.46. The molecule has 1 heterocycles. The van der Waals surface area contributed by atoms with Crippen molar-refractivity contribution in [1.82, 2.24) is 5.32 Å². The van der Waals surface area contributed by atoms with Gasteiger partial charge in [-0.25, -0.2) is 0 Å². The minimum Gasteiger partial charge on any atom is -0.504 e. The summed E-state index contributed by atoms with van der Waals surface area (Å²) in [5.41, 5.74) is 1.47. The first kappa shape index (κ1) is 21.1. The summed E-state index contributed by atoms with van der Waals surface area (Å²) in [6, 6.07) is 9.93. The Morgan fingerprint density at radius 3 is 2.47 bits per heavy atom. The first-order chi connectivity index (χ1) is 14.4. The highest BCUT2D eigenvalue weighted by Gasteiger charge is 2.34. The van der Waals surface area contributed by atoms with Crippen LogP contribution < -0.4 is 19.7 Å². The number of thiocarbonyl (C=S) groups is 1. The zero-order valence-corrected chi connectivity index (χ0v) is 17.3. The Morgan fingerprint density at radius 1 is 1.17 bits per heavy atom. The second kappa shape index (κ2) is 8.79. The molecule has 1 aliphatic rings. The SMILES string of the molecule is C=CCc1cc(/C=C2\C(=O)NC(=S)N(c3ccc(OC)cc3)C2=O)cc(OC)c1O. The smallest absolute Gasteiger partial charge is 0.270 e. The molecular formula is C22H20N2O5S. The standard InChI is InChI=1S/C22H20N2O5S/c1-4-5-14-10-13(12-18(29-3)19(14)25)11-17-20(26)23-22(30)24(21(17)27)15-6-8-16(28-2)9-7-15/h4,6-12,25H,1,5H2,2-3H3,(H,23,26,30)/b17-11+. The van der Waals surface area contributed by atoms with Crippen LogP contribution in [0.4, 0.5) is 5.69 Å². The van der Waals surface area contributed by atoms with E-state index in [0.29, 0.717) is 29.0 Å². The quantitative estimate of drug-likeness (QED) is 0.321. The number of nitrogens with zero attached hydrogens (tertiary/aromatic N) is 1. The number of carbonyl (C=O) groups is 2. The van der Waals surface area contributed by atoms with Crippen LogP contribution in [-0.2, 0) is 16.0 Å². The second-order valence-corrected chi connectivity index (χ2v) is 6.77. The highest BCUT2D eigenvalue weighted by molar-refractivity contribution is 7.80. The fraction of sp³-hybridized carbons (Fsp3) is 0.136. The van der Waals surface area contributed by atoms with E-state index < -0.39 is 11.8 Å². The van der Waals surface area contributed by atoms with Crippen LogP contribution in [0.5, 0.6) is 17.2 Å². The third-order valence-electron chi connectivity index (χ3n) is 4.50. The van der Waals surface area contributed by atoms with Crippen molar-refractivity contribution in [2.24, 2.45) is 0 Å². The van der Waals surface area contributed by atoms with E-state index >= 15 is 0 Å². The van der Waals surface area contributed by atoms with E-state index in [4.69, 9.17) is 21.7 Å². The fourth-order valence-electron chi connectivity index (χ4n) is 3.03. The van der Waals surface area contributed by atoms with Crippen LogP contribution in [0.1, 0.15) is 11.1 Å². The molecule has 8 heteroatoms. The summed E-state index contributed by atoms with van der Waals surface area (Å²) in [4.78, 5) is 26.9. The van der Waals surface area contributed by atoms with Crippen molar-refractivity contribution in [3.8, 4) is 17.2 Å². The van der Waals surface area contributed by atoms with E-state index in [1.807, 2.05) is 0 Å². The highest BCUT2D eigenvalue weighted by atomic mass is 32.1. The summed E-state index contributed by atoms with van der Waals surface area (Å²) < 4.78 is 10.3. The molecule has 154 valence electrons. The molecule has 0 aliphatic carbocycles. The summed E-state index contributed by atoms with van der Waals surface area (Å²) in [5, 5.41) is 12.8. The second-order valence-electron chi connectivity index (χ2n) is 6.38. The number of phenolic OH excluding ortho intramolecular Hbond substituents is 1. The lowest BCUT2D eigenvalue weighted by Gasteiger charge is -2.29. The number of phenols is 1. The molecule has 30 heavy (non-hydrogen) atoms. The molecule has 2 aromatic rings. The van der Waals surface area contributed by atoms with Crippen LogP contribution in [0.2, 0.25) is 0 Å². The first-order valence-electron chi connectivity index (χ1n) is 8.96. The van der Waals surface area contributed by atoms with Gasteiger partial charge in [0.05, 0.1) is 19.9 Å². The fourth-order valence-corrected chi connectivity index (χ4v) is 3.31. The van der Waals surface area contributed by atoms with Crippen LogP contribution in [0.15, 0.2) is 54.6 Å². The molecule has 1 aliphatic heterocycles. The van der Waals surface area contributed by atoms with Gasteiger partial charge in [-0.3, -0.25) is 19.8 Å². The number of rotatable bonds is 6. The first-order valence-corrected chi connectivity index (χ1v) is 9.36. The van der Waals surface area contributed by atoms with Crippen LogP contribution in [0.25, 0.3) is 6.08 Å². The number of carbonyl (C=O) groups excluding carboxylic acids is 2. The maximum atomic E-state index is 13.1.